The Hall–Kier alpha value is -1.43. The van der Waals surface area contributed by atoms with Gasteiger partial charge in [-0.1, -0.05) is 77.7 Å². The Bertz CT molecular complexity index is 674. The van der Waals surface area contributed by atoms with Crippen molar-refractivity contribution in [2.75, 3.05) is 13.2 Å². The summed E-state index contributed by atoms with van der Waals surface area (Å²) >= 11 is 1.24. The average Bonchev–Trinajstić information content (AvgIpc) is 3.30. The minimum atomic E-state index is -0.0259. The summed E-state index contributed by atoms with van der Waals surface area (Å²) in [5, 5.41) is 0. The van der Waals surface area contributed by atoms with E-state index in [0.29, 0.717) is 24.8 Å². The first-order valence-electron chi connectivity index (χ1n) is 13.5. The summed E-state index contributed by atoms with van der Waals surface area (Å²) in [5.41, 5.74) is 2.22. The molecule has 1 heterocycles. The molecule has 5 nitrogen and oxygen atoms in total. The van der Waals surface area contributed by atoms with Crippen LogP contribution in [0.25, 0.3) is 5.57 Å². The van der Waals surface area contributed by atoms with E-state index in [1.54, 1.807) is 0 Å². The van der Waals surface area contributed by atoms with Gasteiger partial charge in [-0.05, 0) is 56.4 Å². The van der Waals surface area contributed by atoms with Crippen molar-refractivity contribution in [1.29, 1.82) is 0 Å². The average molecular weight is 479 g/mol. The highest BCUT2D eigenvalue weighted by Gasteiger charge is 2.21. The van der Waals surface area contributed by atoms with Crippen molar-refractivity contribution in [1.82, 2.24) is 8.75 Å². The Balaban J connectivity index is 1.58. The molecule has 6 heteroatoms. The molecule has 0 fully saturated rings. The predicted molar refractivity (Wildman–Crippen MR) is 138 cm³/mol. The molecular weight excluding hydrogens is 432 g/mol. The molecule has 0 N–H and O–H groups in total. The van der Waals surface area contributed by atoms with Crippen LogP contribution in [0.1, 0.15) is 129 Å². The monoisotopic (exact) mass is 478 g/mol. The second-order valence-electron chi connectivity index (χ2n) is 9.44. The van der Waals surface area contributed by atoms with Crippen LogP contribution in [0.5, 0.6) is 5.88 Å². The number of unbranched alkanes of at least 4 members (excludes halogenated alkanes) is 9. The molecule has 1 atom stereocenters. The number of rotatable bonds is 19. The van der Waals surface area contributed by atoms with Crippen LogP contribution in [-0.2, 0) is 9.53 Å². The quantitative estimate of drug-likeness (QED) is 0.148. The smallest absolute Gasteiger partial charge is 0.305 e. The molecule has 1 aromatic rings. The summed E-state index contributed by atoms with van der Waals surface area (Å²) in [4.78, 5) is 12.0. The fourth-order valence-corrected chi connectivity index (χ4v) is 4.99. The van der Waals surface area contributed by atoms with E-state index in [4.69, 9.17) is 9.47 Å². The van der Waals surface area contributed by atoms with Crippen LogP contribution in [0, 0.1) is 5.92 Å². The van der Waals surface area contributed by atoms with Gasteiger partial charge in [0.15, 0.2) is 0 Å². The SMILES string of the molecule is CCCCCCCCCC(=O)OCCCC1CCC=C(c2nsnc2OCCCCCC)C1. The first-order chi connectivity index (χ1) is 16.2. The molecule has 1 aliphatic carbocycles. The van der Waals surface area contributed by atoms with Crippen molar-refractivity contribution in [3.05, 3.63) is 11.8 Å². The van der Waals surface area contributed by atoms with E-state index in [0.717, 1.165) is 57.2 Å². The fourth-order valence-electron chi connectivity index (χ4n) is 4.46. The highest BCUT2D eigenvalue weighted by molar-refractivity contribution is 6.99. The Morgan fingerprint density at radius 1 is 0.939 bits per heavy atom. The number of carbonyl (C=O) groups is 1. The van der Waals surface area contributed by atoms with Gasteiger partial charge in [-0.3, -0.25) is 4.79 Å². The number of allylic oxidation sites excluding steroid dienone is 2. The minimum absolute atomic E-state index is 0.0259. The van der Waals surface area contributed by atoms with Gasteiger partial charge < -0.3 is 9.47 Å². The largest absolute Gasteiger partial charge is 0.475 e. The number of hydrogen-bond donors (Lipinski definition) is 0. The van der Waals surface area contributed by atoms with Crippen molar-refractivity contribution in [3.63, 3.8) is 0 Å². The van der Waals surface area contributed by atoms with Crippen molar-refractivity contribution in [2.45, 2.75) is 123 Å². The summed E-state index contributed by atoms with van der Waals surface area (Å²) in [5.74, 6) is 1.30. The van der Waals surface area contributed by atoms with Crippen LogP contribution in [0.3, 0.4) is 0 Å². The van der Waals surface area contributed by atoms with Gasteiger partial charge in [0.1, 0.15) is 5.69 Å². The van der Waals surface area contributed by atoms with Crippen LogP contribution in [0.2, 0.25) is 0 Å². The molecule has 0 amide bonds. The summed E-state index contributed by atoms with van der Waals surface area (Å²) in [6.45, 7) is 5.73. The Kier molecular flexibility index (Phi) is 15.1. The second-order valence-corrected chi connectivity index (χ2v) is 9.97. The molecule has 2 rings (SSSR count). The third-order valence-electron chi connectivity index (χ3n) is 6.48. The highest BCUT2D eigenvalue weighted by Crippen LogP contribution is 2.36. The minimum Gasteiger partial charge on any atom is -0.475 e. The van der Waals surface area contributed by atoms with Crippen LogP contribution in [0.15, 0.2) is 6.08 Å². The van der Waals surface area contributed by atoms with Gasteiger partial charge in [0.05, 0.1) is 24.9 Å². The van der Waals surface area contributed by atoms with Crippen molar-refractivity contribution >= 4 is 23.3 Å². The molecule has 188 valence electrons. The molecule has 0 aliphatic heterocycles. The number of ether oxygens (including phenoxy) is 2. The molecule has 0 aromatic carbocycles. The second kappa shape index (κ2) is 18.0. The fraction of sp³-hybridized carbons (Fsp3) is 0.815. The molecule has 33 heavy (non-hydrogen) atoms. The van der Waals surface area contributed by atoms with Crippen molar-refractivity contribution in [3.8, 4) is 5.88 Å². The summed E-state index contributed by atoms with van der Waals surface area (Å²) in [6.07, 6.45) is 21.5. The Morgan fingerprint density at radius 3 is 2.45 bits per heavy atom. The lowest BCUT2D eigenvalue weighted by molar-refractivity contribution is -0.144. The zero-order valence-corrected chi connectivity index (χ0v) is 21.9. The van der Waals surface area contributed by atoms with Gasteiger partial charge in [0.25, 0.3) is 5.88 Å². The summed E-state index contributed by atoms with van der Waals surface area (Å²) < 4.78 is 20.3. The molecule has 0 bridgehead atoms. The molecule has 0 radical (unpaired) electrons. The lowest BCUT2D eigenvalue weighted by Gasteiger charge is -2.22. The molecule has 1 unspecified atom stereocenters. The van der Waals surface area contributed by atoms with E-state index in [1.807, 2.05) is 0 Å². The summed E-state index contributed by atoms with van der Waals surface area (Å²) in [7, 11) is 0. The van der Waals surface area contributed by atoms with Crippen LogP contribution in [0.4, 0.5) is 0 Å². The Morgan fingerprint density at radius 2 is 1.67 bits per heavy atom. The standard InChI is InChI=1S/C27H46N2O3S/c1-3-5-7-9-10-11-12-19-25(30)31-21-15-17-23-16-14-18-24(22-23)26-27(29-33-28-26)32-20-13-8-6-4-2/h18,23H,3-17,19-22H2,1-2H3. The van der Waals surface area contributed by atoms with E-state index >= 15 is 0 Å². The number of aromatic nitrogens is 2. The molecular formula is C27H46N2O3S. The van der Waals surface area contributed by atoms with Crippen LogP contribution >= 0.6 is 11.7 Å². The van der Waals surface area contributed by atoms with Crippen molar-refractivity contribution in [2.24, 2.45) is 5.92 Å². The zero-order valence-electron chi connectivity index (χ0n) is 21.1. The maximum absolute atomic E-state index is 12.0. The maximum atomic E-state index is 12.0. The molecule has 0 spiro atoms. The predicted octanol–water partition coefficient (Wildman–Crippen LogP) is 8.14. The lowest BCUT2D eigenvalue weighted by Crippen LogP contribution is -2.11. The molecule has 0 saturated heterocycles. The maximum Gasteiger partial charge on any atom is 0.305 e. The van der Waals surface area contributed by atoms with E-state index in [1.165, 1.54) is 75.1 Å². The van der Waals surface area contributed by atoms with Gasteiger partial charge in [0.2, 0.25) is 0 Å². The van der Waals surface area contributed by atoms with Gasteiger partial charge in [-0.15, -0.1) is 4.37 Å². The van der Waals surface area contributed by atoms with Crippen molar-refractivity contribution < 1.29 is 14.3 Å². The number of hydrogen-bond acceptors (Lipinski definition) is 6. The van der Waals surface area contributed by atoms with E-state index in [-0.39, 0.29) is 5.97 Å². The zero-order chi connectivity index (χ0) is 23.6. The highest BCUT2D eigenvalue weighted by atomic mass is 32.1. The van der Waals surface area contributed by atoms with Gasteiger partial charge in [-0.25, -0.2) is 0 Å². The first-order valence-corrected chi connectivity index (χ1v) is 14.3. The third-order valence-corrected chi connectivity index (χ3v) is 6.99. The van der Waals surface area contributed by atoms with E-state index < -0.39 is 0 Å². The van der Waals surface area contributed by atoms with E-state index in [9.17, 15) is 4.79 Å². The molecule has 0 saturated carbocycles. The van der Waals surface area contributed by atoms with Crippen LogP contribution in [-0.4, -0.2) is 27.9 Å². The Labute approximate surface area is 206 Å². The normalized spacial score (nSPS) is 15.9. The summed E-state index contributed by atoms with van der Waals surface area (Å²) in [6, 6.07) is 0. The number of carbonyl (C=O) groups excluding carboxylic acids is 1. The lowest BCUT2D eigenvalue weighted by atomic mass is 9.85. The topological polar surface area (TPSA) is 61.3 Å². The first kappa shape index (κ1) is 27.8. The van der Waals surface area contributed by atoms with Gasteiger partial charge in [0, 0.05) is 6.42 Å². The van der Waals surface area contributed by atoms with E-state index in [2.05, 4.69) is 28.7 Å². The van der Waals surface area contributed by atoms with Crippen LogP contribution < -0.4 is 4.74 Å². The van der Waals surface area contributed by atoms with Gasteiger partial charge in [-0.2, -0.15) is 4.37 Å². The van der Waals surface area contributed by atoms with Gasteiger partial charge >= 0.3 is 5.97 Å². The third kappa shape index (κ3) is 12.0. The molecule has 1 aromatic heterocycles. The number of nitrogens with zero attached hydrogens (tertiary/aromatic N) is 2. The number of esters is 1. The molecule has 1 aliphatic rings.